The number of hydrogen-bond donors (Lipinski definition) is 4. The van der Waals surface area contributed by atoms with Gasteiger partial charge in [-0.3, -0.25) is 9.59 Å². The minimum Gasteiger partial charge on any atom is -0.494 e. The van der Waals surface area contributed by atoms with E-state index in [0.717, 1.165) is 39.4 Å². The van der Waals surface area contributed by atoms with Gasteiger partial charge in [-0.1, -0.05) is 13.8 Å². The predicted molar refractivity (Wildman–Crippen MR) is 148 cm³/mol. The van der Waals surface area contributed by atoms with E-state index in [1.165, 1.54) is 40.2 Å². The van der Waals surface area contributed by atoms with Crippen molar-refractivity contribution in [2.45, 2.75) is 46.0 Å². The van der Waals surface area contributed by atoms with Gasteiger partial charge in [0.15, 0.2) is 23.1 Å². The van der Waals surface area contributed by atoms with Gasteiger partial charge in [0.2, 0.25) is 11.8 Å². The van der Waals surface area contributed by atoms with Gasteiger partial charge in [-0.25, -0.2) is 8.78 Å². The van der Waals surface area contributed by atoms with Crippen molar-refractivity contribution in [2.24, 2.45) is 0 Å². The SMILES string of the molecule is CCC(CNC(C)=O)c1c[nH]c2cc(F)c(OC)cc12.COc1cc2c(C(C)CNC(C)=O)c[nH]c2cc1F. The van der Waals surface area contributed by atoms with Crippen LogP contribution in [0.1, 0.15) is 57.1 Å². The number of nitrogens with one attached hydrogen (secondary N) is 4. The van der Waals surface area contributed by atoms with Gasteiger partial charge < -0.3 is 30.1 Å². The number of benzene rings is 2. The molecule has 0 aliphatic heterocycles. The highest BCUT2D eigenvalue weighted by molar-refractivity contribution is 5.86. The van der Waals surface area contributed by atoms with E-state index >= 15 is 0 Å². The third-order valence-electron chi connectivity index (χ3n) is 6.69. The van der Waals surface area contributed by atoms with Crippen LogP contribution in [-0.4, -0.2) is 49.1 Å². The number of amides is 2. The lowest BCUT2D eigenvalue weighted by molar-refractivity contribution is -0.119. The minimum absolute atomic E-state index is 0.0492. The van der Waals surface area contributed by atoms with Crippen molar-refractivity contribution in [1.29, 1.82) is 0 Å². The topological polar surface area (TPSA) is 108 Å². The molecule has 8 nitrogen and oxygen atoms in total. The number of H-pyrrole nitrogens is 2. The second kappa shape index (κ2) is 13.1. The van der Waals surface area contributed by atoms with Crippen LogP contribution in [0, 0.1) is 11.6 Å². The summed E-state index contributed by atoms with van der Waals surface area (Å²) in [5.74, 6) is -0.119. The highest BCUT2D eigenvalue weighted by Crippen LogP contribution is 2.32. The van der Waals surface area contributed by atoms with Crippen LogP contribution in [0.15, 0.2) is 36.7 Å². The summed E-state index contributed by atoms with van der Waals surface area (Å²) in [4.78, 5) is 28.1. The number of halogens is 2. The fourth-order valence-electron chi connectivity index (χ4n) is 4.50. The first-order chi connectivity index (χ1) is 18.6. The number of rotatable bonds is 9. The third-order valence-corrected chi connectivity index (χ3v) is 6.69. The quantitative estimate of drug-likeness (QED) is 0.224. The molecule has 0 aliphatic carbocycles. The molecule has 4 rings (SSSR count). The Morgan fingerprint density at radius 2 is 1.28 bits per heavy atom. The average molecular weight is 543 g/mol. The standard InChI is InChI=1S/C15H19FN2O2.C14H17FN2O2/c1-4-10(7-17-9(2)19)12-8-18-14-6-13(16)15(20-3)5-11(12)14;1-8(6-16-9(2)18)11-7-17-13-5-12(15)14(19-3)4-10(11)13/h5-6,8,10,18H,4,7H2,1-3H3,(H,17,19);4-5,7-8,17H,6H2,1-3H3,(H,16,18). The van der Waals surface area contributed by atoms with Crippen LogP contribution in [0.25, 0.3) is 21.8 Å². The number of fused-ring (bicyclic) bond motifs is 2. The Morgan fingerprint density at radius 1 is 0.821 bits per heavy atom. The van der Waals surface area contributed by atoms with Crippen LogP contribution in [0.3, 0.4) is 0 Å². The van der Waals surface area contributed by atoms with Gasteiger partial charge in [-0.2, -0.15) is 0 Å². The van der Waals surface area contributed by atoms with E-state index in [4.69, 9.17) is 9.47 Å². The maximum Gasteiger partial charge on any atom is 0.216 e. The van der Waals surface area contributed by atoms with E-state index in [0.29, 0.717) is 13.1 Å². The van der Waals surface area contributed by atoms with E-state index in [1.807, 2.05) is 19.3 Å². The number of carbonyl (C=O) groups is 2. The highest BCUT2D eigenvalue weighted by atomic mass is 19.1. The lowest BCUT2D eigenvalue weighted by atomic mass is 9.95. The van der Waals surface area contributed by atoms with Crippen molar-refractivity contribution >= 4 is 33.6 Å². The summed E-state index contributed by atoms with van der Waals surface area (Å²) >= 11 is 0. The van der Waals surface area contributed by atoms with Gasteiger partial charge in [0.05, 0.1) is 14.2 Å². The second-order valence-corrected chi connectivity index (χ2v) is 9.43. The average Bonchev–Trinajstić information content (AvgIpc) is 3.50. The summed E-state index contributed by atoms with van der Waals surface area (Å²) in [5, 5.41) is 7.46. The molecule has 10 heteroatoms. The Morgan fingerprint density at radius 3 is 1.74 bits per heavy atom. The summed E-state index contributed by atoms with van der Waals surface area (Å²) < 4.78 is 37.3. The Balaban J connectivity index is 0.000000216. The number of aromatic nitrogens is 2. The van der Waals surface area contributed by atoms with Crippen LogP contribution in [-0.2, 0) is 9.59 Å². The lowest BCUT2D eigenvalue weighted by Crippen LogP contribution is -2.25. The maximum absolute atomic E-state index is 13.7. The van der Waals surface area contributed by atoms with E-state index in [2.05, 4.69) is 27.5 Å². The number of ether oxygens (including phenoxy) is 2. The van der Waals surface area contributed by atoms with Gasteiger partial charge in [0.1, 0.15) is 0 Å². The van der Waals surface area contributed by atoms with E-state index in [-0.39, 0.29) is 41.0 Å². The number of methoxy groups -OCH3 is 2. The molecule has 2 atom stereocenters. The van der Waals surface area contributed by atoms with Crippen LogP contribution < -0.4 is 20.1 Å². The first-order valence-corrected chi connectivity index (χ1v) is 12.8. The van der Waals surface area contributed by atoms with Crippen LogP contribution in [0.2, 0.25) is 0 Å². The van der Waals surface area contributed by atoms with Gasteiger partial charge in [-0.15, -0.1) is 0 Å². The highest BCUT2D eigenvalue weighted by Gasteiger charge is 2.17. The molecule has 2 aromatic heterocycles. The molecule has 2 heterocycles. The van der Waals surface area contributed by atoms with Gasteiger partial charge in [0, 0.05) is 85.1 Å². The molecule has 2 unspecified atom stereocenters. The zero-order chi connectivity index (χ0) is 28.7. The molecule has 0 saturated heterocycles. The van der Waals surface area contributed by atoms with Crippen molar-refractivity contribution < 1.29 is 27.8 Å². The fraction of sp³-hybridized carbons (Fsp3) is 0.379. The van der Waals surface area contributed by atoms with Gasteiger partial charge >= 0.3 is 0 Å². The number of aromatic amines is 2. The molecule has 0 radical (unpaired) electrons. The van der Waals surface area contributed by atoms with E-state index in [1.54, 1.807) is 12.1 Å². The molecular weight excluding hydrogens is 506 g/mol. The maximum atomic E-state index is 13.7. The summed E-state index contributed by atoms with van der Waals surface area (Å²) in [6.45, 7) is 8.17. The second-order valence-electron chi connectivity index (χ2n) is 9.43. The Kier molecular flexibility index (Phi) is 9.92. The zero-order valence-corrected chi connectivity index (χ0v) is 23.1. The molecule has 0 saturated carbocycles. The summed E-state index contributed by atoms with van der Waals surface area (Å²) in [5.41, 5.74) is 3.55. The molecule has 2 aromatic carbocycles. The Hall–Kier alpha value is -4.08. The first-order valence-electron chi connectivity index (χ1n) is 12.8. The predicted octanol–water partition coefficient (Wildman–Crippen LogP) is 5.50. The van der Waals surface area contributed by atoms with E-state index < -0.39 is 5.82 Å². The molecule has 4 aromatic rings. The fourth-order valence-corrected chi connectivity index (χ4v) is 4.50. The molecule has 0 bridgehead atoms. The normalized spacial score (nSPS) is 12.4. The van der Waals surface area contributed by atoms with Gasteiger partial charge in [0.25, 0.3) is 0 Å². The molecule has 39 heavy (non-hydrogen) atoms. The molecule has 4 N–H and O–H groups in total. The van der Waals surface area contributed by atoms with Crippen LogP contribution in [0.5, 0.6) is 11.5 Å². The monoisotopic (exact) mass is 542 g/mol. The minimum atomic E-state index is -0.391. The Bertz CT molecular complexity index is 1450. The molecule has 0 spiro atoms. The molecule has 210 valence electrons. The number of hydrogen-bond acceptors (Lipinski definition) is 4. The third kappa shape index (κ3) is 7.07. The Labute approximate surface area is 226 Å². The van der Waals surface area contributed by atoms with Crippen molar-refractivity contribution in [3.63, 3.8) is 0 Å². The largest absolute Gasteiger partial charge is 0.494 e. The van der Waals surface area contributed by atoms with Crippen LogP contribution in [0.4, 0.5) is 8.78 Å². The summed E-state index contributed by atoms with van der Waals surface area (Å²) in [6, 6.07) is 6.24. The zero-order valence-electron chi connectivity index (χ0n) is 23.1. The molecule has 2 amide bonds. The van der Waals surface area contributed by atoms with Crippen molar-refractivity contribution in [1.82, 2.24) is 20.6 Å². The first kappa shape index (κ1) is 29.5. The molecule has 0 aliphatic rings. The van der Waals surface area contributed by atoms with Crippen LogP contribution >= 0.6 is 0 Å². The number of carbonyl (C=O) groups excluding carboxylic acids is 2. The molecule has 0 fully saturated rings. The van der Waals surface area contributed by atoms with Gasteiger partial charge in [-0.05, 0) is 29.7 Å². The van der Waals surface area contributed by atoms with E-state index in [9.17, 15) is 18.4 Å². The molecular formula is C29H36F2N4O4. The summed E-state index contributed by atoms with van der Waals surface area (Å²) in [6.07, 6.45) is 4.60. The van der Waals surface area contributed by atoms with Crippen molar-refractivity contribution in [3.05, 3.63) is 59.4 Å². The van der Waals surface area contributed by atoms with Crippen molar-refractivity contribution in [3.8, 4) is 11.5 Å². The lowest BCUT2D eigenvalue weighted by Gasteiger charge is -2.15. The summed E-state index contributed by atoms with van der Waals surface area (Å²) in [7, 11) is 2.89. The smallest absolute Gasteiger partial charge is 0.216 e. The van der Waals surface area contributed by atoms with Crippen molar-refractivity contribution in [2.75, 3.05) is 27.3 Å².